The average molecular weight is 401 g/mol. The van der Waals surface area contributed by atoms with E-state index in [-0.39, 0.29) is 18.1 Å². The van der Waals surface area contributed by atoms with Crippen LogP contribution in [0.5, 0.6) is 5.75 Å². The number of ether oxygens (including phenoxy) is 1. The number of halogens is 2. The standard InChI is InChI=1S/C18H26ClFN4O3/c1-27-18-13-16(15(19)12-17(18)24(25)26)23-5-2-14(3-6-23)22-10-8-21(7-4-20)9-11-22/h12-14H,2-11H2,1H3. The van der Waals surface area contributed by atoms with Gasteiger partial charge in [-0.1, -0.05) is 11.6 Å². The highest BCUT2D eigenvalue weighted by Crippen LogP contribution is 2.38. The van der Waals surface area contributed by atoms with Gasteiger partial charge < -0.3 is 9.64 Å². The fourth-order valence-corrected chi connectivity index (χ4v) is 4.30. The van der Waals surface area contributed by atoms with Gasteiger partial charge >= 0.3 is 5.69 Å². The van der Waals surface area contributed by atoms with Crippen LogP contribution in [-0.2, 0) is 0 Å². The van der Waals surface area contributed by atoms with Gasteiger partial charge in [0.25, 0.3) is 0 Å². The van der Waals surface area contributed by atoms with Crippen LogP contribution in [0.3, 0.4) is 0 Å². The summed E-state index contributed by atoms with van der Waals surface area (Å²) in [4.78, 5) is 17.5. The van der Waals surface area contributed by atoms with E-state index in [1.165, 1.54) is 13.2 Å². The molecule has 0 N–H and O–H groups in total. The number of nitrogens with zero attached hydrogens (tertiary/aromatic N) is 4. The maximum atomic E-state index is 12.5. The van der Waals surface area contributed by atoms with Crippen molar-refractivity contribution in [1.82, 2.24) is 9.80 Å². The molecule has 1 aromatic rings. The summed E-state index contributed by atoms with van der Waals surface area (Å²) in [5, 5.41) is 11.5. The van der Waals surface area contributed by atoms with Crippen LogP contribution in [-0.4, -0.2) is 80.4 Å². The number of benzene rings is 1. The van der Waals surface area contributed by atoms with Crippen molar-refractivity contribution in [2.24, 2.45) is 0 Å². The first kappa shape index (κ1) is 20.1. The minimum Gasteiger partial charge on any atom is -0.490 e. The van der Waals surface area contributed by atoms with E-state index in [0.29, 0.717) is 17.6 Å². The maximum Gasteiger partial charge on any atom is 0.312 e. The highest BCUT2D eigenvalue weighted by atomic mass is 35.5. The Balaban J connectivity index is 1.60. The van der Waals surface area contributed by atoms with Crippen molar-refractivity contribution in [3.63, 3.8) is 0 Å². The van der Waals surface area contributed by atoms with Gasteiger partial charge in [0, 0.05) is 64.0 Å². The molecule has 0 radical (unpaired) electrons. The molecular weight excluding hydrogens is 375 g/mol. The minimum absolute atomic E-state index is 0.118. The molecule has 150 valence electrons. The number of rotatable bonds is 6. The van der Waals surface area contributed by atoms with Crippen molar-refractivity contribution >= 4 is 23.0 Å². The van der Waals surface area contributed by atoms with Gasteiger partial charge in [-0.05, 0) is 12.8 Å². The molecule has 0 aromatic heterocycles. The Morgan fingerprint density at radius 2 is 1.89 bits per heavy atom. The summed E-state index contributed by atoms with van der Waals surface area (Å²) in [5.41, 5.74) is 0.664. The summed E-state index contributed by atoms with van der Waals surface area (Å²) in [6, 6.07) is 3.55. The molecule has 0 atom stereocenters. The molecular formula is C18H26ClFN4O3. The zero-order chi connectivity index (χ0) is 19.4. The largest absolute Gasteiger partial charge is 0.490 e. The first-order chi connectivity index (χ1) is 13.0. The highest BCUT2D eigenvalue weighted by Gasteiger charge is 2.29. The summed E-state index contributed by atoms with van der Waals surface area (Å²) in [6.07, 6.45) is 2.03. The monoisotopic (exact) mass is 400 g/mol. The molecule has 2 saturated heterocycles. The quantitative estimate of drug-likeness (QED) is 0.540. The number of hydrogen-bond acceptors (Lipinski definition) is 6. The average Bonchev–Trinajstić information content (AvgIpc) is 2.69. The Morgan fingerprint density at radius 1 is 1.22 bits per heavy atom. The summed E-state index contributed by atoms with van der Waals surface area (Å²) in [5.74, 6) is 0.227. The SMILES string of the molecule is COc1cc(N2CCC(N3CCN(CCF)CC3)CC2)c(Cl)cc1[N+](=O)[O-]. The second kappa shape index (κ2) is 9.03. The molecule has 7 nitrogen and oxygen atoms in total. The number of alkyl halides is 1. The van der Waals surface area contributed by atoms with E-state index >= 15 is 0 Å². The van der Waals surface area contributed by atoms with Crippen molar-refractivity contribution in [3.05, 3.63) is 27.3 Å². The predicted molar refractivity (Wildman–Crippen MR) is 104 cm³/mol. The van der Waals surface area contributed by atoms with E-state index in [9.17, 15) is 14.5 Å². The van der Waals surface area contributed by atoms with Gasteiger partial charge in [-0.15, -0.1) is 0 Å². The zero-order valence-corrected chi connectivity index (χ0v) is 16.3. The first-order valence-corrected chi connectivity index (χ1v) is 9.70. The number of piperazine rings is 1. The van der Waals surface area contributed by atoms with Crippen LogP contribution in [0.1, 0.15) is 12.8 Å². The van der Waals surface area contributed by atoms with E-state index in [0.717, 1.165) is 57.8 Å². The number of nitro groups is 1. The summed E-state index contributed by atoms with van der Waals surface area (Å²) >= 11 is 6.32. The Kier molecular flexibility index (Phi) is 6.73. The molecule has 0 unspecified atom stereocenters. The first-order valence-electron chi connectivity index (χ1n) is 9.32. The van der Waals surface area contributed by atoms with Gasteiger partial charge in [-0.25, -0.2) is 4.39 Å². The summed E-state index contributed by atoms with van der Waals surface area (Å²) < 4.78 is 17.6. The van der Waals surface area contributed by atoms with Crippen molar-refractivity contribution in [1.29, 1.82) is 0 Å². The fraction of sp³-hybridized carbons (Fsp3) is 0.667. The van der Waals surface area contributed by atoms with E-state index in [4.69, 9.17) is 16.3 Å². The molecule has 2 aliphatic heterocycles. The van der Waals surface area contributed by atoms with Crippen molar-refractivity contribution in [2.75, 3.05) is 64.5 Å². The zero-order valence-electron chi connectivity index (χ0n) is 15.6. The predicted octanol–water partition coefficient (Wildman–Crippen LogP) is 2.81. The number of hydrogen-bond donors (Lipinski definition) is 0. The second-order valence-corrected chi connectivity index (χ2v) is 7.42. The van der Waals surface area contributed by atoms with Crippen LogP contribution in [0.15, 0.2) is 12.1 Å². The van der Waals surface area contributed by atoms with Crippen LogP contribution >= 0.6 is 11.6 Å². The number of piperidine rings is 1. The lowest BCUT2D eigenvalue weighted by Gasteiger charge is -2.43. The van der Waals surface area contributed by atoms with E-state index in [2.05, 4.69) is 14.7 Å². The Hall–Kier alpha value is -1.64. The number of nitro benzene ring substituents is 1. The molecule has 2 fully saturated rings. The third-order valence-corrected chi connectivity index (χ3v) is 5.88. The van der Waals surface area contributed by atoms with Crippen molar-refractivity contribution < 1.29 is 14.1 Å². The molecule has 27 heavy (non-hydrogen) atoms. The summed E-state index contributed by atoms with van der Waals surface area (Å²) in [7, 11) is 1.43. The molecule has 0 saturated carbocycles. The lowest BCUT2D eigenvalue weighted by atomic mass is 10.0. The van der Waals surface area contributed by atoms with Crippen molar-refractivity contribution in [2.45, 2.75) is 18.9 Å². The second-order valence-electron chi connectivity index (χ2n) is 7.02. The topological polar surface area (TPSA) is 62.1 Å². The number of anilines is 1. The third-order valence-electron chi connectivity index (χ3n) is 5.57. The van der Waals surface area contributed by atoms with E-state index in [1.807, 2.05) is 0 Å². The van der Waals surface area contributed by atoms with E-state index < -0.39 is 4.92 Å². The van der Waals surface area contributed by atoms with Crippen LogP contribution in [0.2, 0.25) is 5.02 Å². The van der Waals surface area contributed by atoms with Gasteiger partial charge in [0.2, 0.25) is 0 Å². The molecule has 0 aliphatic carbocycles. The molecule has 1 aromatic carbocycles. The smallest absolute Gasteiger partial charge is 0.312 e. The van der Waals surface area contributed by atoms with Gasteiger partial charge in [0.05, 0.1) is 22.7 Å². The fourth-order valence-electron chi connectivity index (χ4n) is 4.02. The minimum atomic E-state index is -0.483. The van der Waals surface area contributed by atoms with Crippen LogP contribution in [0.25, 0.3) is 0 Å². The lowest BCUT2D eigenvalue weighted by molar-refractivity contribution is -0.385. The van der Waals surface area contributed by atoms with Gasteiger partial charge in [0.15, 0.2) is 5.75 Å². The van der Waals surface area contributed by atoms with Crippen LogP contribution in [0.4, 0.5) is 15.8 Å². The van der Waals surface area contributed by atoms with E-state index in [1.54, 1.807) is 6.07 Å². The van der Waals surface area contributed by atoms with Crippen LogP contribution < -0.4 is 9.64 Å². The van der Waals surface area contributed by atoms with Crippen LogP contribution in [0, 0.1) is 10.1 Å². The molecule has 2 heterocycles. The Bertz CT molecular complexity index is 662. The van der Waals surface area contributed by atoms with Gasteiger partial charge in [0.1, 0.15) is 6.67 Å². The molecule has 0 spiro atoms. The molecule has 0 amide bonds. The molecule has 3 rings (SSSR count). The highest BCUT2D eigenvalue weighted by molar-refractivity contribution is 6.33. The summed E-state index contributed by atoms with van der Waals surface area (Å²) in [6.45, 7) is 5.76. The normalized spacial score (nSPS) is 20.0. The molecule has 0 bridgehead atoms. The lowest BCUT2D eigenvalue weighted by Crippen LogP contribution is -2.53. The Labute approximate surface area is 163 Å². The number of methoxy groups -OCH3 is 1. The van der Waals surface area contributed by atoms with Gasteiger partial charge in [-0.2, -0.15) is 0 Å². The van der Waals surface area contributed by atoms with Gasteiger partial charge in [-0.3, -0.25) is 19.9 Å². The third kappa shape index (κ3) is 4.62. The Morgan fingerprint density at radius 3 is 2.44 bits per heavy atom. The molecule has 9 heteroatoms. The molecule has 2 aliphatic rings. The maximum absolute atomic E-state index is 12.5. The van der Waals surface area contributed by atoms with Crippen molar-refractivity contribution in [3.8, 4) is 5.75 Å².